The fraction of sp³-hybridized carbons (Fsp3) is 0.800. The Morgan fingerprint density at radius 3 is 1.42 bits per heavy atom. The third-order valence-electron chi connectivity index (χ3n) is 4.83. The van der Waals surface area contributed by atoms with Gasteiger partial charge in [-0.25, -0.2) is 0 Å². The zero-order valence-corrected chi connectivity index (χ0v) is 24.8. The lowest BCUT2D eigenvalue weighted by Crippen LogP contribution is -2.41. The Balaban J connectivity index is 0.000000129. The molecule has 6 bridgehead atoms. The minimum absolute atomic E-state index is 0.586. The number of hydrogen-bond acceptors (Lipinski definition) is 10. The minimum Gasteiger partial charge on any atom is -0.0735 e. The minimum atomic E-state index is -1.41. The van der Waals surface area contributed by atoms with Gasteiger partial charge in [0.15, 0.2) is 0 Å². The molecule has 7 aliphatic rings. The van der Waals surface area contributed by atoms with Crippen LogP contribution >= 0.6 is 80.6 Å². The normalized spacial score (nSPS) is 53.2. The first-order valence-corrected chi connectivity index (χ1v) is 30.6. The summed E-state index contributed by atoms with van der Waals surface area (Å²) in [7, 11) is 0. The van der Waals surface area contributed by atoms with Gasteiger partial charge in [-0.1, -0.05) is 72.2 Å². The summed E-state index contributed by atoms with van der Waals surface area (Å²) in [6, 6.07) is 0. The molecule has 1 unspecified atom stereocenters. The average molecular weight is 581 g/mol. The predicted octanol–water partition coefficient (Wildman–Crippen LogP) is 10.5. The molecule has 1 saturated carbocycles. The summed E-state index contributed by atoms with van der Waals surface area (Å²) in [4.78, 5) is 0. The van der Waals surface area contributed by atoms with Crippen LogP contribution in [-0.4, -0.2) is 0 Å². The molecule has 0 spiro atoms. The maximum atomic E-state index is 5.75. The molecule has 0 aromatic rings. The standard InChI is InChI=1S/C10H16.P4S10/c1-7-4-5-8-6-9(7)10(8,2)3;5-1-9-2(6)12-3(7,10-1)14-4(8,11-1)13-2/h8H,4-6H2,1-3H3;. The molecule has 136 valence electrons. The van der Waals surface area contributed by atoms with Crippen LogP contribution in [0.5, 0.6) is 0 Å². The predicted molar refractivity (Wildman–Crippen MR) is 147 cm³/mol. The number of hydrogen-bond donors (Lipinski definition) is 0. The van der Waals surface area contributed by atoms with E-state index in [4.69, 9.17) is 47.2 Å². The number of fused-ring (bicyclic) bond motifs is 2. The summed E-state index contributed by atoms with van der Waals surface area (Å²) in [6.07, 6.45) is 4.24. The van der Waals surface area contributed by atoms with E-state index in [1.165, 1.54) is 19.3 Å². The van der Waals surface area contributed by atoms with Crippen molar-refractivity contribution >= 4 is 128 Å². The van der Waals surface area contributed by atoms with Crippen molar-refractivity contribution in [1.82, 2.24) is 0 Å². The fourth-order valence-electron chi connectivity index (χ4n) is 3.52. The van der Waals surface area contributed by atoms with Crippen molar-refractivity contribution in [3.63, 3.8) is 0 Å². The van der Waals surface area contributed by atoms with Crippen molar-refractivity contribution in [1.29, 1.82) is 0 Å². The van der Waals surface area contributed by atoms with Crippen molar-refractivity contribution in [3.05, 3.63) is 11.1 Å². The summed E-state index contributed by atoms with van der Waals surface area (Å²) in [6.45, 7) is 7.12. The van der Waals surface area contributed by atoms with E-state index in [9.17, 15) is 0 Å². The van der Waals surface area contributed by atoms with E-state index in [0.29, 0.717) is 5.41 Å². The van der Waals surface area contributed by atoms with Gasteiger partial charge in [0, 0.05) is 0 Å². The van der Waals surface area contributed by atoms with E-state index in [2.05, 4.69) is 20.8 Å². The molecule has 0 nitrogen and oxygen atoms in total. The first-order chi connectivity index (χ1) is 10.9. The van der Waals surface area contributed by atoms with Crippen LogP contribution in [0.2, 0.25) is 0 Å². The zero-order chi connectivity index (χ0) is 17.6. The highest BCUT2D eigenvalue weighted by Gasteiger charge is 2.60. The van der Waals surface area contributed by atoms with E-state index in [1.807, 2.05) is 66.0 Å². The van der Waals surface area contributed by atoms with Crippen molar-refractivity contribution in [3.8, 4) is 0 Å². The van der Waals surface area contributed by atoms with Crippen LogP contribution in [0.15, 0.2) is 11.1 Å². The Bertz CT molecular complexity index is 690. The third-order valence-corrected chi connectivity index (χ3v) is 101. The van der Waals surface area contributed by atoms with E-state index in [-0.39, 0.29) is 0 Å². The molecule has 5 fully saturated rings. The second kappa shape index (κ2) is 6.98. The molecule has 0 radical (unpaired) electrons. The highest BCUT2D eigenvalue weighted by Crippen LogP contribution is 3.30. The van der Waals surface area contributed by atoms with Crippen LogP contribution in [-0.2, 0) is 47.2 Å². The van der Waals surface area contributed by atoms with E-state index in [1.54, 1.807) is 11.1 Å². The third kappa shape index (κ3) is 4.00. The number of rotatable bonds is 0. The topological polar surface area (TPSA) is 0 Å². The highest BCUT2D eigenvalue weighted by molar-refractivity contribution is 9.83. The van der Waals surface area contributed by atoms with E-state index >= 15 is 0 Å². The maximum Gasteiger partial charge on any atom is 0.128 e. The summed E-state index contributed by atoms with van der Waals surface area (Å²) < 4.78 is -5.64. The molecule has 0 aromatic heterocycles. The molecule has 24 heavy (non-hydrogen) atoms. The summed E-state index contributed by atoms with van der Waals surface area (Å²) >= 11 is 34.5. The summed E-state index contributed by atoms with van der Waals surface area (Å²) in [5.41, 5.74) is 4.04. The largest absolute Gasteiger partial charge is 0.128 e. The molecule has 4 heterocycles. The van der Waals surface area contributed by atoms with Gasteiger partial charge in [0.2, 0.25) is 0 Å². The Morgan fingerprint density at radius 1 is 0.833 bits per heavy atom. The van der Waals surface area contributed by atoms with Gasteiger partial charge in [-0.2, -0.15) is 0 Å². The van der Waals surface area contributed by atoms with Gasteiger partial charge in [-0.05, 0) is 104 Å². The first kappa shape index (κ1) is 21.7. The molecule has 4 saturated heterocycles. The van der Waals surface area contributed by atoms with Crippen molar-refractivity contribution < 1.29 is 0 Å². The Kier molecular flexibility index (Phi) is 6.30. The summed E-state index contributed by atoms with van der Waals surface area (Å²) in [5.74, 6) is 1.02. The van der Waals surface area contributed by atoms with E-state index in [0.717, 1.165) is 5.92 Å². The second-order valence-corrected chi connectivity index (χ2v) is 65.9. The second-order valence-electron chi connectivity index (χ2n) is 6.70. The maximum absolute atomic E-state index is 5.75. The summed E-state index contributed by atoms with van der Waals surface area (Å²) in [5, 5.41) is 0. The van der Waals surface area contributed by atoms with Crippen molar-refractivity contribution in [2.75, 3.05) is 0 Å². The van der Waals surface area contributed by atoms with Gasteiger partial charge >= 0.3 is 0 Å². The van der Waals surface area contributed by atoms with Crippen LogP contribution in [0, 0.1) is 11.3 Å². The van der Waals surface area contributed by atoms with E-state index < -0.39 is 14.6 Å². The first-order valence-electron chi connectivity index (χ1n) is 7.23. The van der Waals surface area contributed by atoms with Gasteiger partial charge in [0.1, 0.15) is 14.6 Å². The molecule has 0 N–H and O–H groups in total. The molecular weight excluding hydrogens is 565 g/mol. The lowest BCUT2D eigenvalue weighted by molar-refractivity contribution is 0.133. The Morgan fingerprint density at radius 2 is 1.21 bits per heavy atom. The van der Waals surface area contributed by atoms with Crippen molar-refractivity contribution in [2.45, 2.75) is 40.0 Å². The monoisotopic (exact) mass is 580 g/mol. The Labute approximate surface area is 188 Å². The molecule has 4 aliphatic heterocycles. The molecule has 3 aliphatic carbocycles. The molecule has 0 amide bonds. The number of allylic oxidation sites excluding steroid dienone is 2. The van der Waals surface area contributed by atoms with Crippen LogP contribution in [0.4, 0.5) is 0 Å². The average Bonchev–Trinajstić information content (AvgIpc) is 2.31. The van der Waals surface area contributed by atoms with Gasteiger partial charge in [0.25, 0.3) is 0 Å². The van der Waals surface area contributed by atoms with Gasteiger partial charge in [0.05, 0.1) is 0 Å². The molecule has 14 heteroatoms. The lowest BCUT2D eigenvalue weighted by Gasteiger charge is -2.52. The fourth-order valence-corrected chi connectivity index (χ4v) is 225. The van der Waals surface area contributed by atoms with Crippen LogP contribution in [0.25, 0.3) is 0 Å². The van der Waals surface area contributed by atoms with Gasteiger partial charge in [-0.15, -0.1) is 0 Å². The quantitative estimate of drug-likeness (QED) is 0.199. The molecule has 0 aromatic carbocycles. The Hall–Kier alpha value is 4.44. The highest BCUT2D eigenvalue weighted by atomic mass is 34.1. The van der Waals surface area contributed by atoms with Crippen LogP contribution in [0.1, 0.15) is 40.0 Å². The van der Waals surface area contributed by atoms with Gasteiger partial charge in [-0.3, -0.25) is 0 Å². The molecular formula is C10H16P4S10. The van der Waals surface area contributed by atoms with Crippen molar-refractivity contribution in [2.24, 2.45) is 11.3 Å². The van der Waals surface area contributed by atoms with Crippen LogP contribution in [0.3, 0.4) is 0 Å². The molecule has 1 atom stereocenters. The van der Waals surface area contributed by atoms with Gasteiger partial charge < -0.3 is 0 Å². The smallest absolute Gasteiger partial charge is 0.0735 e. The van der Waals surface area contributed by atoms with Crippen LogP contribution < -0.4 is 0 Å². The molecule has 7 rings (SSSR count). The lowest BCUT2D eigenvalue weighted by atomic mass is 9.52. The SMILES string of the molecule is CC1=C2CC(CC1)C2(C)C.S=P12SP3(=S)SP(=S)(S1)SP(=S)(S2)S3. The zero-order valence-electron chi connectivity index (χ0n) is 13.1.